The Morgan fingerprint density at radius 3 is 2.38 bits per heavy atom. The molecule has 2 saturated heterocycles. The number of aromatic nitrogens is 2. The molecule has 0 spiro atoms. The molecule has 0 amide bonds. The quantitative estimate of drug-likeness (QED) is 0.226. The van der Waals surface area contributed by atoms with Crippen molar-refractivity contribution in [2.75, 3.05) is 22.9 Å². The van der Waals surface area contributed by atoms with E-state index in [2.05, 4.69) is 58.7 Å². The SMILES string of the molecule is Cc1cc([C@@H]2[C@H](c3ccccn3)NC(=S)N2c2ccc(N3CCC(C)CC3)c(Cl)c2)c(C)n1-c1ccc(C(=O)O)cc1. The fraction of sp³-hybridized carbons (Fsp3) is 0.303. The molecular formula is C33H34ClN5O2S. The van der Waals surface area contributed by atoms with Crippen molar-refractivity contribution in [3.8, 4) is 5.69 Å². The average molecular weight is 600 g/mol. The van der Waals surface area contributed by atoms with Crippen LogP contribution in [0.3, 0.4) is 0 Å². The van der Waals surface area contributed by atoms with E-state index in [0.717, 1.165) is 58.7 Å². The minimum Gasteiger partial charge on any atom is -0.478 e. The highest BCUT2D eigenvalue weighted by molar-refractivity contribution is 7.80. The maximum Gasteiger partial charge on any atom is 0.335 e. The molecule has 7 nitrogen and oxygen atoms in total. The van der Waals surface area contributed by atoms with Gasteiger partial charge in [0.1, 0.15) is 0 Å². The third kappa shape index (κ3) is 5.14. The van der Waals surface area contributed by atoms with Gasteiger partial charge in [-0.2, -0.15) is 0 Å². The van der Waals surface area contributed by atoms with Gasteiger partial charge in [0, 0.05) is 42.0 Å². The first kappa shape index (κ1) is 28.2. The molecule has 6 rings (SSSR count). The lowest BCUT2D eigenvalue weighted by atomic mass is 9.96. The number of carboxylic acid groups (broad SMARTS) is 1. The minimum atomic E-state index is -0.942. The number of carboxylic acids is 1. The van der Waals surface area contributed by atoms with Crippen molar-refractivity contribution in [1.82, 2.24) is 14.9 Å². The molecule has 2 fully saturated rings. The zero-order valence-corrected chi connectivity index (χ0v) is 25.5. The van der Waals surface area contributed by atoms with Crippen molar-refractivity contribution in [3.05, 3.63) is 106 Å². The largest absolute Gasteiger partial charge is 0.478 e. The van der Waals surface area contributed by atoms with E-state index in [1.807, 2.05) is 36.4 Å². The molecule has 2 aromatic carbocycles. The van der Waals surface area contributed by atoms with Gasteiger partial charge in [0.05, 0.1) is 34.1 Å². The van der Waals surface area contributed by atoms with E-state index in [-0.39, 0.29) is 17.6 Å². The Morgan fingerprint density at radius 2 is 1.74 bits per heavy atom. The first-order chi connectivity index (χ1) is 20.2. The zero-order valence-electron chi connectivity index (χ0n) is 23.9. The van der Waals surface area contributed by atoms with Crippen LogP contribution in [0.5, 0.6) is 0 Å². The summed E-state index contributed by atoms with van der Waals surface area (Å²) in [6.45, 7) is 8.48. The topological polar surface area (TPSA) is 73.6 Å². The lowest BCUT2D eigenvalue weighted by Crippen LogP contribution is -2.33. The van der Waals surface area contributed by atoms with Crippen LogP contribution >= 0.6 is 23.8 Å². The highest BCUT2D eigenvalue weighted by atomic mass is 35.5. The molecule has 0 aliphatic carbocycles. The third-order valence-corrected chi connectivity index (χ3v) is 9.21. The maximum absolute atomic E-state index is 11.4. The Labute approximate surface area is 256 Å². The summed E-state index contributed by atoms with van der Waals surface area (Å²) in [6, 6.07) is 21.0. The summed E-state index contributed by atoms with van der Waals surface area (Å²) in [4.78, 5) is 20.7. The molecule has 2 atom stereocenters. The molecule has 216 valence electrons. The number of benzene rings is 2. The summed E-state index contributed by atoms with van der Waals surface area (Å²) in [7, 11) is 0. The van der Waals surface area contributed by atoms with Gasteiger partial charge < -0.3 is 24.8 Å². The number of hydrogen-bond donors (Lipinski definition) is 2. The van der Waals surface area contributed by atoms with Crippen LogP contribution < -0.4 is 15.1 Å². The smallest absolute Gasteiger partial charge is 0.335 e. The monoisotopic (exact) mass is 599 g/mol. The summed E-state index contributed by atoms with van der Waals surface area (Å²) in [5, 5.41) is 14.3. The van der Waals surface area contributed by atoms with Gasteiger partial charge in [0.2, 0.25) is 0 Å². The molecule has 9 heteroatoms. The number of aromatic carboxylic acids is 1. The molecule has 0 saturated carbocycles. The molecule has 4 heterocycles. The first-order valence-corrected chi connectivity index (χ1v) is 15.1. The van der Waals surface area contributed by atoms with E-state index >= 15 is 0 Å². The second-order valence-electron chi connectivity index (χ2n) is 11.3. The van der Waals surface area contributed by atoms with Crippen LogP contribution in [-0.2, 0) is 0 Å². The minimum absolute atomic E-state index is 0.191. The zero-order chi connectivity index (χ0) is 29.5. The van der Waals surface area contributed by atoms with Crippen molar-refractivity contribution in [2.24, 2.45) is 5.92 Å². The van der Waals surface area contributed by atoms with Crippen LogP contribution in [0.15, 0.2) is 72.9 Å². The number of aryl methyl sites for hydroxylation is 1. The molecule has 2 aromatic heterocycles. The summed E-state index contributed by atoms with van der Waals surface area (Å²) in [5.41, 5.74) is 7.22. The fourth-order valence-corrected chi connectivity index (χ4v) is 6.98. The van der Waals surface area contributed by atoms with Crippen LogP contribution in [0.25, 0.3) is 5.69 Å². The van der Waals surface area contributed by atoms with Crippen molar-refractivity contribution in [3.63, 3.8) is 0 Å². The molecule has 4 aromatic rings. The summed E-state index contributed by atoms with van der Waals surface area (Å²) < 4.78 is 2.16. The van der Waals surface area contributed by atoms with E-state index in [4.69, 9.17) is 28.8 Å². The van der Waals surface area contributed by atoms with Crippen molar-refractivity contribution >= 4 is 46.3 Å². The van der Waals surface area contributed by atoms with Gasteiger partial charge in [0.15, 0.2) is 5.11 Å². The van der Waals surface area contributed by atoms with E-state index in [0.29, 0.717) is 10.1 Å². The van der Waals surface area contributed by atoms with Crippen LogP contribution in [0.4, 0.5) is 11.4 Å². The molecule has 0 unspecified atom stereocenters. The van der Waals surface area contributed by atoms with Gasteiger partial charge in [0.25, 0.3) is 0 Å². The average Bonchev–Trinajstić information content (AvgIpc) is 3.48. The molecule has 2 aliphatic heterocycles. The summed E-state index contributed by atoms with van der Waals surface area (Å²) in [6.07, 6.45) is 4.14. The van der Waals surface area contributed by atoms with Gasteiger partial charge in [-0.05, 0) is 111 Å². The number of carbonyl (C=O) groups is 1. The standard InChI is InChI=1S/C33H34ClN5O2S/c1-20-13-16-37(17-14-20)29-12-11-25(19-27(29)34)39-31(30(36-33(39)42)28-6-4-5-15-35-28)26-18-21(2)38(22(26)3)24-9-7-23(8-10-24)32(40)41/h4-12,15,18-20,30-31H,13-14,16-17H2,1-3H3,(H,36,42)(H,40,41)/t30-,31+/m0/s1. The molecule has 0 radical (unpaired) electrons. The molecular weight excluding hydrogens is 566 g/mol. The van der Waals surface area contributed by atoms with Crippen LogP contribution in [0.2, 0.25) is 5.02 Å². The van der Waals surface area contributed by atoms with Gasteiger partial charge in [-0.15, -0.1) is 0 Å². The van der Waals surface area contributed by atoms with Crippen molar-refractivity contribution in [1.29, 1.82) is 0 Å². The van der Waals surface area contributed by atoms with Crippen LogP contribution in [0, 0.1) is 19.8 Å². The van der Waals surface area contributed by atoms with Gasteiger partial charge >= 0.3 is 5.97 Å². The van der Waals surface area contributed by atoms with Gasteiger partial charge in [-0.3, -0.25) is 4.98 Å². The first-order valence-electron chi connectivity index (χ1n) is 14.3. The van der Waals surface area contributed by atoms with E-state index < -0.39 is 5.97 Å². The van der Waals surface area contributed by atoms with Gasteiger partial charge in [-0.25, -0.2) is 4.79 Å². The third-order valence-electron chi connectivity index (χ3n) is 8.59. The number of nitrogens with one attached hydrogen (secondary N) is 1. The lowest BCUT2D eigenvalue weighted by Gasteiger charge is -2.33. The van der Waals surface area contributed by atoms with E-state index in [1.165, 1.54) is 12.8 Å². The number of pyridine rings is 1. The Bertz CT molecular complexity index is 1630. The number of hydrogen-bond acceptors (Lipinski definition) is 4. The summed E-state index contributed by atoms with van der Waals surface area (Å²) in [5.74, 6) is -0.201. The number of anilines is 2. The molecule has 42 heavy (non-hydrogen) atoms. The predicted octanol–water partition coefficient (Wildman–Crippen LogP) is 7.25. The highest BCUT2D eigenvalue weighted by Gasteiger charge is 2.42. The van der Waals surface area contributed by atoms with Crippen LogP contribution in [-0.4, -0.2) is 38.8 Å². The second-order valence-corrected chi connectivity index (χ2v) is 12.1. The molecule has 0 bridgehead atoms. The van der Waals surface area contributed by atoms with Crippen LogP contribution in [0.1, 0.15) is 64.9 Å². The summed E-state index contributed by atoms with van der Waals surface area (Å²) >= 11 is 12.9. The highest BCUT2D eigenvalue weighted by Crippen LogP contribution is 2.45. The Morgan fingerprint density at radius 1 is 1.02 bits per heavy atom. The number of halogens is 1. The number of piperidine rings is 1. The number of thiocarbonyl (C=S) groups is 1. The maximum atomic E-state index is 11.4. The van der Waals surface area contributed by atoms with Crippen molar-refractivity contribution < 1.29 is 9.90 Å². The number of nitrogens with zero attached hydrogens (tertiary/aromatic N) is 4. The fourth-order valence-electron chi connectivity index (χ4n) is 6.34. The Hall–Kier alpha value is -3.88. The van der Waals surface area contributed by atoms with E-state index in [1.54, 1.807) is 18.3 Å². The number of rotatable bonds is 6. The van der Waals surface area contributed by atoms with Gasteiger partial charge in [-0.1, -0.05) is 24.6 Å². The normalized spacial score (nSPS) is 19.3. The van der Waals surface area contributed by atoms with E-state index in [9.17, 15) is 9.90 Å². The Balaban J connectivity index is 1.42. The second kappa shape index (κ2) is 11.4. The van der Waals surface area contributed by atoms with Crippen molar-refractivity contribution in [2.45, 2.75) is 45.7 Å². The predicted molar refractivity (Wildman–Crippen MR) is 172 cm³/mol. The molecule has 2 N–H and O–H groups in total. The molecule has 2 aliphatic rings. The Kier molecular flexibility index (Phi) is 7.68. The lowest BCUT2D eigenvalue weighted by molar-refractivity contribution is 0.0697.